The summed E-state index contributed by atoms with van der Waals surface area (Å²) in [5.41, 5.74) is 6.28. The second-order valence-corrected chi connectivity index (χ2v) is 3.67. The van der Waals surface area contributed by atoms with Crippen molar-refractivity contribution >= 4 is 23.2 Å². The van der Waals surface area contributed by atoms with E-state index in [0.717, 1.165) is 25.0 Å². The van der Waals surface area contributed by atoms with Crippen LogP contribution in [0.15, 0.2) is 12.3 Å². The van der Waals surface area contributed by atoms with E-state index in [2.05, 4.69) is 4.98 Å². The summed E-state index contributed by atoms with van der Waals surface area (Å²) < 4.78 is 0. The third-order valence-electron chi connectivity index (χ3n) is 1.75. The second-order valence-electron chi connectivity index (χ2n) is 2.83. The molecule has 0 atom stereocenters. The zero-order valence-corrected chi connectivity index (χ0v) is 8.78. The van der Waals surface area contributed by atoms with Crippen LogP contribution < -0.4 is 5.73 Å². The predicted molar refractivity (Wildman–Crippen MR) is 56.2 cm³/mol. The van der Waals surface area contributed by atoms with E-state index in [1.807, 2.05) is 0 Å². The molecule has 0 aromatic carbocycles. The smallest absolute Gasteiger partial charge is 0.0636 e. The largest absolute Gasteiger partial charge is 0.330 e. The van der Waals surface area contributed by atoms with Crippen LogP contribution in [0.1, 0.15) is 18.5 Å². The summed E-state index contributed by atoms with van der Waals surface area (Å²) in [6.07, 6.45) is 4.50. The highest BCUT2D eigenvalue weighted by atomic mass is 35.5. The number of nitrogens with zero attached hydrogens (tertiary/aromatic N) is 1. The highest BCUT2D eigenvalue weighted by Crippen LogP contribution is 2.19. The molecule has 1 aromatic heterocycles. The van der Waals surface area contributed by atoms with Gasteiger partial charge in [0.2, 0.25) is 0 Å². The number of aromatic nitrogens is 1. The van der Waals surface area contributed by atoms with E-state index in [-0.39, 0.29) is 0 Å². The van der Waals surface area contributed by atoms with Crippen LogP contribution in [0.25, 0.3) is 0 Å². The van der Waals surface area contributed by atoms with Crippen molar-refractivity contribution in [2.24, 2.45) is 5.73 Å². The molecular weight excluding hydrogens is 207 g/mol. The Labute approximate surface area is 88.1 Å². The molecule has 2 nitrogen and oxygen atoms in total. The average Bonchev–Trinajstić information content (AvgIpc) is 2.09. The van der Waals surface area contributed by atoms with Gasteiger partial charge >= 0.3 is 0 Å². The van der Waals surface area contributed by atoms with Crippen LogP contribution in [0.3, 0.4) is 0 Å². The van der Waals surface area contributed by atoms with E-state index in [1.165, 1.54) is 0 Å². The molecule has 4 heteroatoms. The molecule has 72 valence electrons. The van der Waals surface area contributed by atoms with Crippen LogP contribution >= 0.6 is 23.2 Å². The van der Waals surface area contributed by atoms with Gasteiger partial charge in [-0.2, -0.15) is 0 Å². The maximum atomic E-state index is 5.93. The van der Waals surface area contributed by atoms with Gasteiger partial charge in [-0.05, 0) is 31.9 Å². The fraction of sp³-hybridized carbons (Fsp3) is 0.444. The highest BCUT2D eigenvalue weighted by molar-refractivity contribution is 6.34. The summed E-state index contributed by atoms with van der Waals surface area (Å²) in [5, 5.41) is 1.22. The molecule has 0 amide bonds. The molecular formula is C9H12Cl2N2. The van der Waals surface area contributed by atoms with Crippen LogP contribution in [-0.4, -0.2) is 11.5 Å². The van der Waals surface area contributed by atoms with E-state index in [9.17, 15) is 0 Å². The molecule has 0 saturated carbocycles. The lowest BCUT2D eigenvalue weighted by Gasteiger charge is -2.02. The predicted octanol–water partition coefficient (Wildman–Crippen LogP) is 2.67. The molecule has 0 aliphatic heterocycles. The fourth-order valence-electron chi connectivity index (χ4n) is 1.06. The molecule has 0 radical (unpaired) electrons. The first-order chi connectivity index (χ1) is 6.24. The Balaban J connectivity index is 2.56. The van der Waals surface area contributed by atoms with Gasteiger partial charge in [0.05, 0.1) is 15.7 Å². The Kier molecular flexibility index (Phi) is 4.50. The molecule has 1 heterocycles. The maximum absolute atomic E-state index is 5.93. The van der Waals surface area contributed by atoms with Crippen LogP contribution in [0.2, 0.25) is 10.0 Å². The van der Waals surface area contributed by atoms with Gasteiger partial charge in [0.25, 0.3) is 0 Å². The van der Waals surface area contributed by atoms with E-state index in [0.29, 0.717) is 16.6 Å². The zero-order chi connectivity index (χ0) is 9.68. The van der Waals surface area contributed by atoms with Crippen molar-refractivity contribution in [3.05, 3.63) is 28.0 Å². The summed E-state index contributed by atoms with van der Waals surface area (Å²) in [4.78, 5) is 4.14. The number of aryl methyl sites for hydroxylation is 1. The summed E-state index contributed by atoms with van der Waals surface area (Å²) >= 11 is 11.6. The Bertz CT molecular complexity index is 276. The Hall–Kier alpha value is -0.310. The third-order valence-corrected chi connectivity index (χ3v) is 2.29. The highest BCUT2D eigenvalue weighted by Gasteiger charge is 2.01. The van der Waals surface area contributed by atoms with Crippen molar-refractivity contribution in [1.82, 2.24) is 4.98 Å². The SMILES string of the molecule is NCCCCc1ncc(Cl)cc1Cl. The summed E-state index contributed by atoms with van der Waals surface area (Å²) in [5.74, 6) is 0. The molecule has 0 bridgehead atoms. The van der Waals surface area contributed by atoms with E-state index in [1.54, 1.807) is 12.3 Å². The van der Waals surface area contributed by atoms with E-state index < -0.39 is 0 Å². The molecule has 0 spiro atoms. The van der Waals surface area contributed by atoms with Crippen LogP contribution in [0.4, 0.5) is 0 Å². The minimum Gasteiger partial charge on any atom is -0.330 e. The topological polar surface area (TPSA) is 38.9 Å². The first kappa shape index (κ1) is 10.8. The number of unbranched alkanes of at least 4 members (excludes halogenated alkanes) is 1. The van der Waals surface area contributed by atoms with Gasteiger partial charge < -0.3 is 5.73 Å². The fourth-order valence-corrected chi connectivity index (χ4v) is 1.54. The van der Waals surface area contributed by atoms with E-state index in [4.69, 9.17) is 28.9 Å². The van der Waals surface area contributed by atoms with Crippen molar-refractivity contribution < 1.29 is 0 Å². The quantitative estimate of drug-likeness (QED) is 0.790. The van der Waals surface area contributed by atoms with Crippen molar-refractivity contribution in [2.45, 2.75) is 19.3 Å². The lowest BCUT2D eigenvalue weighted by molar-refractivity contribution is 0.733. The normalized spacial score (nSPS) is 10.4. The van der Waals surface area contributed by atoms with Gasteiger partial charge in [-0.3, -0.25) is 4.98 Å². The molecule has 2 N–H and O–H groups in total. The number of hydrogen-bond donors (Lipinski definition) is 1. The number of pyridine rings is 1. The van der Waals surface area contributed by atoms with Crippen LogP contribution in [0.5, 0.6) is 0 Å². The molecule has 13 heavy (non-hydrogen) atoms. The van der Waals surface area contributed by atoms with E-state index >= 15 is 0 Å². The van der Waals surface area contributed by atoms with Crippen molar-refractivity contribution in [3.63, 3.8) is 0 Å². The molecule has 0 unspecified atom stereocenters. The summed E-state index contributed by atoms with van der Waals surface area (Å²) in [6.45, 7) is 0.714. The van der Waals surface area contributed by atoms with Crippen molar-refractivity contribution in [2.75, 3.05) is 6.54 Å². The van der Waals surface area contributed by atoms with Gasteiger partial charge in [-0.25, -0.2) is 0 Å². The standard InChI is InChI=1S/C9H12Cl2N2/c10-7-5-8(11)9(13-6-7)3-1-2-4-12/h5-6H,1-4,12H2. The minimum atomic E-state index is 0.576. The molecule has 1 rings (SSSR count). The second kappa shape index (κ2) is 5.43. The molecule has 0 aliphatic rings. The van der Waals surface area contributed by atoms with Crippen molar-refractivity contribution in [3.8, 4) is 0 Å². The summed E-state index contributed by atoms with van der Waals surface area (Å²) in [7, 11) is 0. The first-order valence-corrected chi connectivity index (χ1v) is 4.99. The van der Waals surface area contributed by atoms with Gasteiger partial charge in [-0.1, -0.05) is 23.2 Å². The first-order valence-electron chi connectivity index (χ1n) is 4.24. The average molecular weight is 219 g/mol. The lowest BCUT2D eigenvalue weighted by Crippen LogP contribution is -2.00. The maximum Gasteiger partial charge on any atom is 0.0636 e. The monoisotopic (exact) mass is 218 g/mol. The number of rotatable bonds is 4. The van der Waals surface area contributed by atoms with Crippen LogP contribution in [0, 0.1) is 0 Å². The van der Waals surface area contributed by atoms with Gasteiger partial charge in [0, 0.05) is 6.20 Å². The molecule has 0 saturated heterocycles. The zero-order valence-electron chi connectivity index (χ0n) is 7.26. The minimum absolute atomic E-state index is 0.576. The lowest BCUT2D eigenvalue weighted by atomic mass is 10.2. The van der Waals surface area contributed by atoms with Gasteiger partial charge in [0.1, 0.15) is 0 Å². The third kappa shape index (κ3) is 3.51. The van der Waals surface area contributed by atoms with Crippen molar-refractivity contribution in [1.29, 1.82) is 0 Å². The van der Waals surface area contributed by atoms with Crippen LogP contribution in [-0.2, 0) is 6.42 Å². The molecule has 1 aromatic rings. The van der Waals surface area contributed by atoms with Gasteiger partial charge in [0.15, 0.2) is 0 Å². The van der Waals surface area contributed by atoms with Gasteiger partial charge in [-0.15, -0.1) is 0 Å². The molecule has 0 aliphatic carbocycles. The summed E-state index contributed by atoms with van der Waals surface area (Å²) in [6, 6.07) is 1.72. The number of hydrogen-bond acceptors (Lipinski definition) is 2. The Morgan fingerprint density at radius 2 is 2.08 bits per heavy atom. The Morgan fingerprint density at radius 3 is 2.69 bits per heavy atom. The molecule has 0 fully saturated rings. The number of nitrogens with two attached hydrogens (primary N) is 1. The number of halogens is 2. The Morgan fingerprint density at radius 1 is 1.31 bits per heavy atom.